The van der Waals surface area contributed by atoms with Crippen LogP contribution >= 0.6 is 0 Å². The molecule has 3 N–H and O–H groups in total. The zero-order valence-corrected chi connectivity index (χ0v) is 7.41. The molecule has 12 heavy (non-hydrogen) atoms. The van der Waals surface area contributed by atoms with Crippen LogP contribution in [-0.2, 0) is 9.59 Å². The van der Waals surface area contributed by atoms with Crippen molar-refractivity contribution in [1.29, 1.82) is 0 Å². The summed E-state index contributed by atoms with van der Waals surface area (Å²) in [4.78, 5) is 20.9. The Morgan fingerprint density at radius 3 is 2.33 bits per heavy atom. The number of aliphatic carboxylic acids is 1. The average molecular weight is 173 g/mol. The highest BCUT2D eigenvalue weighted by molar-refractivity contribution is 5.76. The third-order valence-electron chi connectivity index (χ3n) is 1.85. The van der Waals surface area contributed by atoms with Crippen molar-refractivity contribution in [2.75, 3.05) is 0 Å². The van der Waals surface area contributed by atoms with Crippen molar-refractivity contribution in [3.63, 3.8) is 0 Å². The van der Waals surface area contributed by atoms with E-state index < -0.39 is 12.0 Å². The van der Waals surface area contributed by atoms with Gasteiger partial charge in [-0.15, -0.1) is 0 Å². The molecule has 0 amide bonds. The topological polar surface area (TPSA) is 80.4 Å². The molecule has 0 heterocycles. The minimum Gasteiger partial charge on any atom is -0.480 e. The van der Waals surface area contributed by atoms with Crippen LogP contribution in [0.5, 0.6) is 0 Å². The van der Waals surface area contributed by atoms with Gasteiger partial charge in [-0.3, -0.25) is 4.79 Å². The Bertz CT molecular complexity index is 179. The summed E-state index contributed by atoms with van der Waals surface area (Å²) in [5, 5.41) is 8.51. The molecule has 0 saturated carbocycles. The highest BCUT2D eigenvalue weighted by atomic mass is 16.4. The first-order valence-corrected chi connectivity index (χ1v) is 3.93. The van der Waals surface area contributed by atoms with Crippen LogP contribution in [0.25, 0.3) is 0 Å². The number of carbonyl (C=O) groups excluding carboxylic acids is 1. The Balaban J connectivity index is 3.79. The third-order valence-corrected chi connectivity index (χ3v) is 1.85. The molecule has 0 aromatic carbocycles. The molecule has 0 aliphatic carbocycles. The minimum absolute atomic E-state index is 0.0689. The van der Waals surface area contributed by atoms with E-state index in [0.29, 0.717) is 12.8 Å². The van der Waals surface area contributed by atoms with Crippen LogP contribution < -0.4 is 5.73 Å². The molecule has 0 rings (SSSR count). The van der Waals surface area contributed by atoms with Gasteiger partial charge in [0.1, 0.15) is 11.8 Å². The van der Waals surface area contributed by atoms with Crippen LogP contribution in [-0.4, -0.2) is 22.9 Å². The molecule has 4 heteroatoms. The quantitative estimate of drug-likeness (QED) is 0.630. The number of carboxylic acids is 1. The van der Waals surface area contributed by atoms with E-state index in [-0.39, 0.29) is 11.7 Å². The molecule has 0 unspecified atom stereocenters. The van der Waals surface area contributed by atoms with E-state index in [2.05, 4.69) is 0 Å². The van der Waals surface area contributed by atoms with Gasteiger partial charge < -0.3 is 15.6 Å². The molecule has 0 spiro atoms. The zero-order valence-electron chi connectivity index (χ0n) is 7.41. The number of carbonyl (C=O) groups is 2. The molecule has 70 valence electrons. The van der Waals surface area contributed by atoms with Crippen LogP contribution in [0.3, 0.4) is 0 Å². The van der Waals surface area contributed by atoms with Gasteiger partial charge in [0.2, 0.25) is 0 Å². The van der Waals surface area contributed by atoms with E-state index in [1.165, 1.54) is 6.92 Å². The minimum atomic E-state index is -1.01. The van der Waals surface area contributed by atoms with E-state index in [1.54, 1.807) is 6.92 Å². The van der Waals surface area contributed by atoms with Crippen molar-refractivity contribution in [3.8, 4) is 0 Å². The largest absolute Gasteiger partial charge is 0.480 e. The summed E-state index contributed by atoms with van der Waals surface area (Å²) in [6.45, 7) is 3.22. The number of carboxylic acid groups (broad SMARTS) is 1. The Morgan fingerprint density at radius 2 is 2.00 bits per heavy atom. The predicted octanol–water partition coefficient (Wildman–Crippen LogP) is 0.404. The first-order valence-electron chi connectivity index (χ1n) is 3.93. The van der Waals surface area contributed by atoms with Gasteiger partial charge in [-0.05, 0) is 19.3 Å². The Hall–Kier alpha value is -0.900. The fourth-order valence-electron chi connectivity index (χ4n) is 0.854. The maximum absolute atomic E-state index is 10.6. The third kappa shape index (κ3) is 4.08. The lowest BCUT2D eigenvalue weighted by molar-refractivity contribution is -0.140. The van der Waals surface area contributed by atoms with Gasteiger partial charge in [-0.1, -0.05) is 6.92 Å². The molecule has 0 radical (unpaired) electrons. The van der Waals surface area contributed by atoms with E-state index in [1.807, 2.05) is 0 Å². The first kappa shape index (κ1) is 11.1. The summed E-state index contributed by atoms with van der Waals surface area (Å²) in [7, 11) is 0. The second kappa shape index (κ2) is 4.87. The number of hydrogen-bond donors (Lipinski definition) is 2. The Morgan fingerprint density at radius 1 is 1.50 bits per heavy atom. The van der Waals surface area contributed by atoms with Crippen LogP contribution in [0.1, 0.15) is 26.7 Å². The SMILES string of the molecule is CC(=O)CC[C@H](C)[C@H](N)C(=O)O. The summed E-state index contributed by atoms with van der Waals surface area (Å²) in [5.74, 6) is -1.09. The molecule has 0 fully saturated rings. The molecule has 4 nitrogen and oxygen atoms in total. The molecule has 0 aliphatic rings. The zero-order chi connectivity index (χ0) is 9.72. The lowest BCUT2D eigenvalue weighted by atomic mass is 9.96. The van der Waals surface area contributed by atoms with Gasteiger partial charge >= 0.3 is 5.97 Å². The van der Waals surface area contributed by atoms with Crippen molar-refractivity contribution >= 4 is 11.8 Å². The summed E-state index contributed by atoms with van der Waals surface area (Å²) in [5.41, 5.74) is 5.34. The van der Waals surface area contributed by atoms with E-state index in [4.69, 9.17) is 10.8 Å². The van der Waals surface area contributed by atoms with E-state index >= 15 is 0 Å². The fourth-order valence-corrected chi connectivity index (χ4v) is 0.854. The van der Waals surface area contributed by atoms with Crippen molar-refractivity contribution in [2.45, 2.75) is 32.7 Å². The molecular weight excluding hydrogens is 158 g/mol. The van der Waals surface area contributed by atoms with Gasteiger partial charge in [-0.2, -0.15) is 0 Å². The van der Waals surface area contributed by atoms with Crippen molar-refractivity contribution in [2.24, 2.45) is 11.7 Å². The summed E-state index contributed by atoms with van der Waals surface area (Å²) in [6, 6.07) is -0.857. The molecule has 0 saturated heterocycles. The van der Waals surface area contributed by atoms with Crippen LogP contribution in [0, 0.1) is 5.92 Å². The lowest BCUT2D eigenvalue weighted by Crippen LogP contribution is -2.36. The molecule has 2 atom stereocenters. The van der Waals surface area contributed by atoms with Crippen molar-refractivity contribution < 1.29 is 14.7 Å². The second-order valence-corrected chi connectivity index (χ2v) is 3.08. The number of hydrogen-bond acceptors (Lipinski definition) is 3. The Labute approximate surface area is 71.8 Å². The number of ketones is 1. The van der Waals surface area contributed by atoms with Gasteiger partial charge in [-0.25, -0.2) is 0 Å². The van der Waals surface area contributed by atoms with E-state index in [0.717, 1.165) is 0 Å². The van der Waals surface area contributed by atoms with Crippen LogP contribution in [0.2, 0.25) is 0 Å². The molecule has 0 aromatic rings. The smallest absolute Gasteiger partial charge is 0.320 e. The molecule has 0 aliphatic heterocycles. The Kier molecular flexibility index (Phi) is 4.51. The van der Waals surface area contributed by atoms with Gasteiger partial charge in [0.15, 0.2) is 0 Å². The van der Waals surface area contributed by atoms with Crippen LogP contribution in [0.15, 0.2) is 0 Å². The second-order valence-electron chi connectivity index (χ2n) is 3.08. The lowest BCUT2D eigenvalue weighted by Gasteiger charge is -2.14. The predicted molar refractivity (Wildman–Crippen MR) is 44.7 cm³/mol. The van der Waals surface area contributed by atoms with Crippen molar-refractivity contribution in [1.82, 2.24) is 0 Å². The number of rotatable bonds is 5. The van der Waals surface area contributed by atoms with Gasteiger partial charge in [0, 0.05) is 6.42 Å². The summed E-state index contributed by atoms with van der Waals surface area (Å²) in [6.07, 6.45) is 0.949. The highest BCUT2D eigenvalue weighted by Gasteiger charge is 2.19. The summed E-state index contributed by atoms with van der Waals surface area (Å²) < 4.78 is 0. The maximum Gasteiger partial charge on any atom is 0.320 e. The normalized spacial score (nSPS) is 15.2. The van der Waals surface area contributed by atoms with E-state index in [9.17, 15) is 9.59 Å². The van der Waals surface area contributed by atoms with Gasteiger partial charge in [0.25, 0.3) is 0 Å². The fraction of sp³-hybridized carbons (Fsp3) is 0.750. The number of Topliss-reactive ketones (excluding diaryl/α,β-unsaturated/α-hetero) is 1. The average Bonchev–Trinajstić information content (AvgIpc) is 1.98. The van der Waals surface area contributed by atoms with Crippen molar-refractivity contribution in [3.05, 3.63) is 0 Å². The van der Waals surface area contributed by atoms with Gasteiger partial charge in [0.05, 0.1) is 0 Å². The highest BCUT2D eigenvalue weighted by Crippen LogP contribution is 2.09. The maximum atomic E-state index is 10.6. The standard InChI is InChI=1S/C8H15NO3/c1-5(3-4-6(2)10)7(9)8(11)12/h5,7H,3-4,9H2,1-2H3,(H,11,12)/t5-,7-/m0/s1. The monoisotopic (exact) mass is 173 g/mol. The first-order chi connectivity index (χ1) is 5.45. The molecule has 0 aromatic heterocycles. The van der Waals surface area contributed by atoms with Crippen LogP contribution in [0.4, 0.5) is 0 Å². The summed E-state index contributed by atoms with van der Waals surface area (Å²) >= 11 is 0. The number of nitrogens with two attached hydrogens (primary N) is 1. The molecule has 0 bridgehead atoms. The molecular formula is C8H15NO3.